The van der Waals surface area contributed by atoms with Crippen LogP contribution in [0.3, 0.4) is 0 Å². The SMILES string of the molecule is CC/C=C\C/C=C\C/C=C\C/C=C\C/C=C\C/C=C\C/C=C\C/C=C\CCCCCCC(=O)OC(COC(=O)CCCCCCCCCCCCCCCCCCCCCCCCCCCCCCCCCCCC)COP(=O)(O)OCCN. The first-order valence-electron chi connectivity index (χ1n) is 35.2. The molecule has 486 valence electrons. The van der Waals surface area contributed by atoms with Crippen molar-refractivity contribution >= 4 is 19.8 Å². The second kappa shape index (κ2) is 69.0. The van der Waals surface area contributed by atoms with Crippen LogP contribution in [0.4, 0.5) is 0 Å². The van der Waals surface area contributed by atoms with Gasteiger partial charge in [0.25, 0.3) is 0 Å². The summed E-state index contributed by atoms with van der Waals surface area (Å²) in [5.41, 5.74) is 5.40. The zero-order valence-corrected chi connectivity index (χ0v) is 55.5. The van der Waals surface area contributed by atoms with Gasteiger partial charge in [0.05, 0.1) is 13.2 Å². The van der Waals surface area contributed by atoms with Gasteiger partial charge in [0.15, 0.2) is 6.10 Å². The molecule has 0 radical (unpaired) electrons. The van der Waals surface area contributed by atoms with Crippen molar-refractivity contribution in [2.24, 2.45) is 5.73 Å². The highest BCUT2D eigenvalue weighted by atomic mass is 31.2. The molecule has 0 saturated heterocycles. The Morgan fingerprint density at radius 3 is 0.976 bits per heavy atom. The Hall–Kier alpha value is -3.07. The van der Waals surface area contributed by atoms with E-state index >= 15 is 0 Å². The van der Waals surface area contributed by atoms with Crippen LogP contribution >= 0.6 is 7.82 Å². The number of ether oxygens (including phenoxy) is 2. The maximum Gasteiger partial charge on any atom is 0.472 e. The lowest BCUT2D eigenvalue weighted by Gasteiger charge is -2.19. The molecule has 0 aliphatic heterocycles. The smallest absolute Gasteiger partial charge is 0.462 e. The first-order valence-corrected chi connectivity index (χ1v) is 36.7. The fourth-order valence-corrected chi connectivity index (χ4v) is 10.8. The molecule has 0 rings (SSSR count). The highest BCUT2D eigenvalue weighted by molar-refractivity contribution is 7.47. The van der Waals surface area contributed by atoms with Gasteiger partial charge in [0.1, 0.15) is 6.61 Å². The number of nitrogens with two attached hydrogens (primary N) is 1. The van der Waals surface area contributed by atoms with Gasteiger partial charge < -0.3 is 20.1 Å². The summed E-state index contributed by atoms with van der Waals surface area (Å²) in [6, 6.07) is 0. The number of phosphoric ester groups is 1. The Labute approximate surface area is 518 Å². The quantitative estimate of drug-likeness (QED) is 0.0264. The molecule has 0 aromatic heterocycles. The Balaban J connectivity index is 3.91. The van der Waals surface area contributed by atoms with Crippen LogP contribution in [0.1, 0.15) is 328 Å². The van der Waals surface area contributed by atoms with Gasteiger partial charge in [0, 0.05) is 19.4 Å². The zero-order chi connectivity index (χ0) is 60.9. The normalized spacial score (nSPS) is 13.5. The second-order valence-electron chi connectivity index (χ2n) is 23.4. The van der Waals surface area contributed by atoms with Gasteiger partial charge in [-0.2, -0.15) is 0 Å². The summed E-state index contributed by atoms with van der Waals surface area (Å²) in [7, 11) is -4.41. The van der Waals surface area contributed by atoms with Crippen molar-refractivity contribution in [1.82, 2.24) is 0 Å². The third-order valence-corrected chi connectivity index (χ3v) is 16.2. The number of esters is 2. The molecule has 9 nitrogen and oxygen atoms in total. The first kappa shape index (κ1) is 80.9. The van der Waals surface area contributed by atoms with E-state index in [2.05, 4.69) is 111 Å². The van der Waals surface area contributed by atoms with E-state index in [1.54, 1.807) is 0 Å². The lowest BCUT2D eigenvalue weighted by atomic mass is 10.0. The third-order valence-electron chi connectivity index (χ3n) is 15.2. The van der Waals surface area contributed by atoms with Gasteiger partial charge >= 0.3 is 19.8 Å². The van der Waals surface area contributed by atoms with Crippen molar-refractivity contribution in [3.63, 3.8) is 0 Å². The topological polar surface area (TPSA) is 134 Å². The van der Waals surface area contributed by atoms with Crippen molar-refractivity contribution in [3.8, 4) is 0 Å². The van der Waals surface area contributed by atoms with E-state index in [0.29, 0.717) is 6.42 Å². The molecule has 84 heavy (non-hydrogen) atoms. The van der Waals surface area contributed by atoms with E-state index in [-0.39, 0.29) is 38.6 Å². The number of hydrogen-bond donors (Lipinski definition) is 2. The Morgan fingerprint density at radius 2 is 0.655 bits per heavy atom. The van der Waals surface area contributed by atoms with Crippen molar-refractivity contribution < 1.29 is 37.6 Å². The summed E-state index contributed by atoms with van der Waals surface area (Å²) >= 11 is 0. The molecule has 10 heteroatoms. The van der Waals surface area contributed by atoms with E-state index in [0.717, 1.165) is 96.3 Å². The van der Waals surface area contributed by atoms with Gasteiger partial charge in [-0.05, 0) is 77.0 Å². The first-order chi connectivity index (χ1) is 41.3. The maximum absolute atomic E-state index is 12.7. The molecule has 0 heterocycles. The molecule has 2 atom stereocenters. The Morgan fingerprint density at radius 1 is 0.369 bits per heavy atom. The number of phosphoric acid groups is 1. The van der Waals surface area contributed by atoms with Gasteiger partial charge in [-0.15, -0.1) is 0 Å². The molecule has 0 amide bonds. The molecule has 3 N–H and O–H groups in total. The third kappa shape index (κ3) is 68.0. The summed E-state index contributed by atoms with van der Waals surface area (Å²) in [6.45, 7) is 3.64. The molecule has 0 aromatic rings. The highest BCUT2D eigenvalue weighted by Crippen LogP contribution is 2.43. The summed E-state index contributed by atoms with van der Waals surface area (Å²) in [4.78, 5) is 35.3. The van der Waals surface area contributed by atoms with Crippen LogP contribution in [0.25, 0.3) is 0 Å². The van der Waals surface area contributed by atoms with E-state index in [4.69, 9.17) is 24.3 Å². The highest BCUT2D eigenvalue weighted by Gasteiger charge is 2.26. The Kier molecular flexibility index (Phi) is 66.5. The van der Waals surface area contributed by atoms with Gasteiger partial charge in [0.2, 0.25) is 0 Å². The monoisotopic (exact) mass is 1190 g/mol. The fourth-order valence-electron chi connectivity index (χ4n) is 10.1. The maximum atomic E-state index is 12.7. The second-order valence-corrected chi connectivity index (χ2v) is 24.8. The summed E-state index contributed by atoms with van der Waals surface area (Å²) in [5.74, 6) is -0.850. The molecule has 0 aromatic carbocycles. The molecule has 2 unspecified atom stereocenters. The van der Waals surface area contributed by atoms with Crippen LogP contribution in [0.5, 0.6) is 0 Å². The summed E-state index contributed by atoms with van der Waals surface area (Å²) in [6.07, 6.45) is 93.7. The number of carbonyl (C=O) groups is 2. The largest absolute Gasteiger partial charge is 0.472 e. The van der Waals surface area contributed by atoms with Crippen LogP contribution in [0, 0.1) is 0 Å². The zero-order valence-electron chi connectivity index (χ0n) is 54.6. The molecular formula is C74H132NO8P. The molecule has 0 bridgehead atoms. The minimum atomic E-state index is -4.41. The predicted octanol–water partition coefficient (Wildman–Crippen LogP) is 23.1. The number of allylic oxidation sites excluding steroid dienone is 16. The van der Waals surface area contributed by atoms with Crippen LogP contribution < -0.4 is 5.73 Å². The van der Waals surface area contributed by atoms with Crippen LogP contribution in [-0.4, -0.2) is 49.3 Å². The van der Waals surface area contributed by atoms with Crippen LogP contribution in [0.2, 0.25) is 0 Å². The number of unbranched alkanes of at least 4 members (excludes halogenated alkanes) is 37. The fraction of sp³-hybridized carbons (Fsp3) is 0.757. The molecule has 0 fully saturated rings. The lowest BCUT2D eigenvalue weighted by Crippen LogP contribution is -2.29. The average molecular weight is 1190 g/mol. The van der Waals surface area contributed by atoms with Crippen LogP contribution in [0.15, 0.2) is 97.2 Å². The molecular weight excluding hydrogens is 1060 g/mol. The average Bonchev–Trinajstić information content (AvgIpc) is 3.58. The van der Waals surface area contributed by atoms with Gasteiger partial charge in [-0.25, -0.2) is 4.57 Å². The molecule has 0 aliphatic rings. The van der Waals surface area contributed by atoms with E-state index < -0.39 is 26.5 Å². The molecule has 0 aliphatic carbocycles. The van der Waals surface area contributed by atoms with E-state index in [1.807, 2.05) is 0 Å². The van der Waals surface area contributed by atoms with Crippen molar-refractivity contribution in [3.05, 3.63) is 97.2 Å². The minimum absolute atomic E-state index is 0.0453. The van der Waals surface area contributed by atoms with Crippen molar-refractivity contribution in [2.45, 2.75) is 335 Å². The van der Waals surface area contributed by atoms with Crippen LogP contribution in [-0.2, 0) is 32.7 Å². The molecule has 0 spiro atoms. The summed E-state index contributed by atoms with van der Waals surface area (Å²) in [5, 5.41) is 0. The summed E-state index contributed by atoms with van der Waals surface area (Å²) < 4.78 is 33.1. The van der Waals surface area contributed by atoms with Crippen molar-refractivity contribution in [1.29, 1.82) is 0 Å². The number of rotatable bonds is 66. The number of hydrogen-bond acceptors (Lipinski definition) is 8. The van der Waals surface area contributed by atoms with Gasteiger partial charge in [-0.1, -0.05) is 336 Å². The standard InChI is InChI=1S/C74H132NO8P/c1-3-5-7-9-11-13-15-17-19-21-23-25-27-29-31-33-34-35-36-37-39-40-42-44-46-48-50-52-54-56-58-60-62-64-66-73(76)80-70-72(71-82-84(78,79)81-69-68-75)83-74(77)67-65-63-61-59-57-55-53-51-49-47-45-43-41-38-32-30-28-26-24-22-20-18-16-14-12-10-8-6-4-2/h6,8,12,14,18,20,24,26,30,32,41,43,47,49,53,55,72H,3-5,7,9-11,13,15-17,19,21-23,25,27-29,31,33-40,42,44-46,48,50-52,54,56-71,75H2,1-2H3,(H,78,79)/b8-6-,14-12-,20-18-,26-24-,32-30-,43-41-,49-47-,55-53-. The lowest BCUT2D eigenvalue weighted by molar-refractivity contribution is -0.161. The van der Waals surface area contributed by atoms with Gasteiger partial charge in [-0.3, -0.25) is 18.6 Å². The van der Waals surface area contributed by atoms with E-state index in [9.17, 15) is 19.0 Å². The van der Waals surface area contributed by atoms with Crippen molar-refractivity contribution in [2.75, 3.05) is 26.4 Å². The number of carbonyl (C=O) groups excluding carboxylic acids is 2. The van der Waals surface area contributed by atoms with E-state index in [1.165, 1.54) is 199 Å². The predicted molar refractivity (Wildman–Crippen MR) is 362 cm³/mol. The minimum Gasteiger partial charge on any atom is -0.462 e. The Bertz CT molecular complexity index is 1700. The molecule has 0 saturated carbocycles.